The van der Waals surface area contributed by atoms with E-state index in [9.17, 15) is 4.79 Å². The number of aromatic nitrogens is 4. The first-order valence-electron chi connectivity index (χ1n) is 5.54. The van der Waals surface area contributed by atoms with Crippen molar-refractivity contribution in [3.8, 4) is 0 Å². The lowest BCUT2D eigenvalue weighted by Crippen LogP contribution is -2.13. The van der Waals surface area contributed by atoms with Crippen molar-refractivity contribution >= 4 is 28.2 Å². The van der Waals surface area contributed by atoms with Crippen LogP contribution in [-0.4, -0.2) is 26.1 Å². The third-order valence-electron chi connectivity index (χ3n) is 2.62. The van der Waals surface area contributed by atoms with Gasteiger partial charge in [0.2, 0.25) is 0 Å². The van der Waals surface area contributed by atoms with Gasteiger partial charge in [0, 0.05) is 11.1 Å². The van der Waals surface area contributed by atoms with Crippen LogP contribution in [-0.2, 0) is 0 Å². The summed E-state index contributed by atoms with van der Waals surface area (Å²) >= 11 is 0. The van der Waals surface area contributed by atoms with Crippen LogP contribution in [0.2, 0.25) is 0 Å². The first kappa shape index (κ1) is 11.1. The van der Waals surface area contributed by atoms with Gasteiger partial charge in [0.05, 0.1) is 23.6 Å². The number of fused-ring (bicyclic) bond motifs is 1. The number of aromatic amines is 1. The standard InChI is InChI=1S/C12H10N6O/c13-7-1-2-10-9(3-7)11(18-17-10)12(19)16-8-4-14-6-15-5-8/h1-6H,13H2,(H,16,19)(H,17,18). The van der Waals surface area contributed by atoms with Crippen LogP contribution in [0.1, 0.15) is 10.5 Å². The van der Waals surface area contributed by atoms with Crippen LogP contribution >= 0.6 is 0 Å². The van der Waals surface area contributed by atoms with E-state index in [-0.39, 0.29) is 11.6 Å². The molecule has 2 aromatic heterocycles. The highest BCUT2D eigenvalue weighted by Crippen LogP contribution is 2.19. The maximum atomic E-state index is 12.1. The number of hydrogen-bond acceptors (Lipinski definition) is 5. The van der Waals surface area contributed by atoms with E-state index >= 15 is 0 Å². The van der Waals surface area contributed by atoms with E-state index in [0.29, 0.717) is 16.8 Å². The van der Waals surface area contributed by atoms with Crippen LogP contribution < -0.4 is 11.1 Å². The van der Waals surface area contributed by atoms with Crippen molar-refractivity contribution in [2.45, 2.75) is 0 Å². The topological polar surface area (TPSA) is 110 Å². The number of anilines is 2. The number of carbonyl (C=O) groups is 1. The molecule has 0 bridgehead atoms. The molecular weight excluding hydrogens is 244 g/mol. The molecule has 0 fully saturated rings. The Morgan fingerprint density at radius 1 is 1.26 bits per heavy atom. The Kier molecular flexibility index (Phi) is 2.57. The quantitative estimate of drug-likeness (QED) is 0.595. The molecule has 0 aliphatic heterocycles. The molecule has 0 atom stereocenters. The maximum absolute atomic E-state index is 12.1. The summed E-state index contributed by atoms with van der Waals surface area (Å²) in [7, 11) is 0. The fourth-order valence-electron chi connectivity index (χ4n) is 1.76. The van der Waals surface area contributed by atoms with Crippen LogP contribution in [0.3, 0.4) is 0 Å². The molecule has 3 rings (SSSR count). The third-order valence-corrected chi connectivity index (χ3v) is 2.62. The summed E-state index contributed by atoms with van der Waals surface area (Å²) in [5, 5.41) is 10.1. The number of nitrogen functional groups attached to an aromatic ring is 1. The summed E-state index contributed by atoms with van der Waals surface area (Å²) in [6.07, 6.45) is 4.41. The van der Waals surface area contributed by atoms with Gasteiger partial charge in [-0.05, 0) is 18.2 Å². The molecule has 7 heteroatoms. The number of carbonyl (C=O) groups excluding carboxylic acids is 1. The van der Waals surface area contributed by atoms with Crippen molar-refractivity contribution in [1.82, 2.24) is 20.2 Å². The molecule has 0 unspecified atom stereocenters. The fraction of sp³-hybridized carbons (Fsp3) is 0. The van der Waals surface area contributed by atoms with Gasteiger partial charge in [-0.2, -0.15) is 5.10 Å². The summed E-state index contributed by atoms with van der Waals surface area (Å²) in [5.74, 6) is -0.341. The van der Waals surface area contributed by atoms with E-state index in [1.165, 1.54) is 18.7 Å². The molecule has 0 aliphatic rings. The molecule has 0 aliphatic carbocycles. The Balaban J connectivity index is 1.96. The van der Waals surface area contributed by atoms with E-state index in [1.807, 2.05) is 0 Å². The minimum absolute atomic E-state index is 0.283. The monoisotopic (exact) mass is 254 g/mol. The van der Waals surface area contributed by atoms with Gasteiger partial charge in [0.25, 0.3) is 5.91 Å². The molecule has 7 nitrogen and oxygen atoms in total. The maximum Gasteiger partial charge on any atom is 0.276 e. The largest absolute Gasteiger partial charge is 0.399 e. The minimum atomic E-state index is -0.341. The molecule has 2 heterocycles. The molecule has 3 aromatic rings. The molecule has 94 valence electrons. The lowest BCUT2D eigenvalue weighted by atomic mass is 10.2. The number of nitrogens with one attached hydrogen (secondary N) is 2. The van der Waals surface area contributed by atoms with Crippen LogP contribution in [0.15, 0.2) is 36.9 Å². The zero-order valence-corrected chi connectivity index (χ0v) is 9.79. The van der Waals surface area contributed by atoms with Crippen LogP contribution in [0.5, 0.6) is 0 Å². The van der Waals surface area contributed by atoms with Crippen LogP contribution in [0.4, 0.5) is 11.4 Å². The van der Waals surface area contributed by atoms with Gasteiger partial charge >= 0.3 is 0 Å². The number of amides is 1. The highest BCUT2D eigenvalue weighted by molar-refractivity contribution is 6.11. The normalized spacial score (nSPS) is 10.5. The number of benzene rings is 1. The van der Waals surface area contributed by atoms with Crippen molar-refractivity contribution in [2.75, 3.05) is 11.1 Å². The molecule has 1 amide bonds. The Bertz CT molecular complexity index is 736. The van der Waals surface area contributed by atoms with Gasteiger partial charge in [0.1, 0.15) is 6.33 Å². The first-order valence-corrected chi connectivity index (χ1v) is 5.54. The van der Waals surface area contributed by atoms with Crippen molar-refractivity contribution < 1.29 is 4.79 Å². The van der Waals surface area contributed by atoms with Crippen molar-refractivity contribution in [3.05, 3.63) is 42.6 Å². The van der Waals surface area contributed by atoms with Gasteiger partial charge in [0.15, 0.2) is 5.69 Å². The zero-order valence-electron chi connectivity index (χ0n) is 9.79. The van der Waals surface area contributed by atoms with E-state index in [0.717, 1.165) is 5.52 Å². The number of hydrogen-bond donors (Lipinski definition) is 3. The Hall–Kier alpha value is -2.96. The second-order valence-corrected chi connectivity index (χ2v) is 3.96. The summed E-state index contributed by atoms with van der Waals surface area (Å²) < 4.78 is 0. The number of nitrogens with zero attached hydrogens (tertiary/aromatic N) is 3. The number of rotatable bonds is 2. The molecule has 19 heavy (non-hydrogen) atoms. The zero-order chi connectivity index (χ0) is 13.2. The molecule has 0 saturated heterocycles. The highest BCUT2D eigenvalue weighted by Gasteiger charge is 2.14. The molecule has 4 N–H and O–H groups in total. The van der Waals surface area contributed by atoms with Gasteiger partial charge < -0.3 is 11.1 Å². The summed E-state index contributed by atoms with van der Waals surface area (Å²) in [6, 6.07) is 5.22. The second-order valence-electron chi connectivity index (χ2n) is 3.96. The third kappa shape index (κ3) is 2.08. The molecule has 0 saturated carbocycles. The molecule has 0 spiro atoms. The molecule has 0 radical (unpaired) electrons. The average Bonchev–Trinajstić information content (AvgIpc) is 2.82. The Morgan fingerprint density at radius 2 is 2.05 bits per heavy atom. The van der Waals surface area contributed by atoms with Gasteiger partial charge in [-0.15, -0.1) is 0 Å². The van der Waals surface area contributed by atoms with E-state index < -0.39 is 0 Å². The predicted octanol–water partition coefficient (Wildman–Crippen LogP) is 1.19. The predicted molar refractivity (Wildman–Crippen MR) is 70.5 cm³/mol. The average molecular weight is 254 g/mol. The van der Waals surface area contributed by atoms with Crippen molar-refractivity contribution in [1.29, 1.82) is 0 Å². The summed E-state index contributed by atoms with van der Waals surface area (Å²) in [4.78, 5) is 19.8. The first-order chi connectivity index (χ1) is 9.24. The summed E-state index contributed by atoms with van der Waals surface area (Å²) in [5.41, 5.74) is 7.83. The lowest BCUT2D eigenvalue weighted by molar-refractivity contribution is 0.102. The van der Waals surface area contributed by atoms with E-state index in [4.69, 9.17) is 5.73 Å². The van der Waals surface area contributed by atoms with E-state index in [1.54, 1.807) is 18.2 Å². The van der Waals surface area contributed by atoms with Crippen LogP contribution in [0, 0.1) is 0 Å². The van der Waals surface area contributed by atoms with Crippen molar-refractivity contribution in [2.24, 2.45) is 0 Å². The van der Waals surface area contributed by atoms with Crippen LogP contribution in [0.25, 0.3) is 10.9 Å². The number of H-pyrrole nitrogens is 1. The SMILES string of the molecule is Nc1ccc2[nH]nc(C(=O)Nc3cncnc3)c2c1. The lowest BCUT2D eigenvalue weighted by Gasteiger charge is -2.01. The van der Waals surface area contributed by atoms with Gasteiger partial charge in [-0.1, -0.05) is 0 Å². The number of nitrogens with two attached hydrogens (primary N) is 1. The van der Waals surface area contributed by atoms with Crippen molar-refractivity contribution in [3.63, 3.8) is 0 Å². The highest BCUT2D eigenvalue weighted by atomic mass is 16.1. The molecular formula is C12H10N6O. The van der Waals surface area contributed by atoms with E-state index in [2.05, 4.69) is 25.5 Å². The van der Waals surface area contributed by atoms with Gasteiger partial charge in [-0.3, -0.25) is 9.89 Å². The summed E-state index contributed by atoms with van der Waals surface area (Å²) in [6.45, 7) is 0. The smallest absolute Gasteiger partial charge is 0.276 e. The minimum Gasteiger partial charge on any atom is -0.399 e. The Labute approximate surface area is 107 Å². The van der Waals surface area contributed by atoms with Gasteiger partial charge in [-0.25, -0.2) is 9.97 Å². The molecule has 1 aromatic carbocycles. The second kappa shape index (κ2) is 4.37. The fourth-order valence-corrected chi connectivity index (χ4v) is 1.76. The Morgan fingerprint density at radius 3 is 2.84 bits per heavy atom.